The van der Waals surface area contributed by atoms with Gasteiger partial charge in [0.25, 0.3) is 5.91 Å². The third-order valence-electron chi connectivity index (χ3n) is 7.30. The Kier molecular flexibility index (Phi) is 10.6. The lowest BCUT2D eigenvalue weighted by molar-refractivity contribution is -0.135. The van der Waals surface area contributed by atoms with Gasteiger partial charge in [0, 0.05) is 57.3 Å². The van der Waals surface area contributed by atoms with Crippen molar-refractivity contribution in [2.45, 2.75) is 31.6 Å². The normalized spacial score (nSPS) is 19.2. The number of aromatic nitrogens is 1. The highest BCUT2D eigenvalue weighted by Crippen LogP contribution is 2.29. The molecule has 1 fully saturated rings. The molecular formula is C32H37N5O7. The molecule has 3 heterocycles. The number of ether oxygens (including phenoxy) is 4. The number of fused-ring (bicyclic) bond motifs is 5. The SMILES string of the molecule is COCCOc1cc2cc(c1)C(=O)NCCNC(=O)N[C@H]1CCN(C(=O)Cc3cccnc3)C[C@@H]1OCc1cccc(c1)O2. The predicted molar refractivity (Wildman–Crippen MR) is 161 cm³/mol. The fourth-order valence-corrected chi connectivity index (χ4v) is 5.07. The van der Waals surface area contributed by atoms with Crippen molar-refractivity contribution >= 4 is 17.8 Å². The molecule has 232 valence electrons. The van der Waals surface area contributed by atoms with Gasteiger partial charge in [-0.1, -0.05) is 18.2 Å². The molecule has 4 amide bonds. The number of nitrogens with one attached hydrogen (secondary N) is 3. The molecule has 0 radical (unpaired) electrons. The van der Waals surface area contributed by atoms with Crippen molar-refractivity contribution in [1.29, 1.82) is 0 Å². The zero-order valence-corrected chi connectivity index (χ0v) is 24.6. The number of pyridine rings is 1. The topological polar surface area (TPSA) is 140 Å². The van der Waals surface area contributed by atoms with Crippen molar-refractivity contribution in [2.75, 3.05) is 46.5 Å². The van der Waals surface area contributed by atoms with E-state index in [1.165, 1.54) is 0 Å². The number of rotatable bonds is 6. The minimum absolute atomic E-state index is 0.0251. The fourth-order valence-electron chi connectivity index (χ4n) is 5.07. The molecule has 5 rings (SSSR count). The van der Waals surface area contributed by atoms with Crippen LogP contribution in [-0.2, 0) is 27.3 Å². The Morgan fingerprint density at radius 2 is 1.93 bits per heavy atom. The Hall–Kier alpha value is -4.68. The minimum Gasteiger partial charge on any atom is -0.491 e. The lowest BCUT2D eigenvalue weighted by Crippen LogP contribution is -2.58. The summed E-state index contributed by atoms with van der Waals surface area (Å²) in [5, 5.41) is 8.61. The quantitative estimate of drug-likeness (QED) is 0.366. The molecule has 0 spiro atoms. The predicted octanol–water partition coefficient (Wildman–Crippen LogP) is 2.67. The van der Waals surface area contributed by atoms with Crippen LogP contribution in [0.1, 0.15) is 27.9 Å². The molecule has 3 aromatic rings. The van der Waals surface area contributed by atoms with Gasteiger partial charge < -0.3 is 39.8 Å². The van der Waals surface area contributed by atoms with Crippen molar-refractivity contribution in [2.24, 2.45) is 0 Å². The molecule has 2 aliphatic rings. The molecule has 1 saturated heterocycles. The van der Waals surface area contributed by atoms with Gasteiger partial charge in [-0.15, -0.1) is 0 Å². The van der Waals surface area contributed by atoms with Gasteiger partial charge >= 0.3 is 6.03 Å². The van der Waals surface area contributed by atoms with Crippen molar-refractivity contribution in [3.63, 3.8) is 0 Å². The summed E-state index contributed by atoms with van der Waals surface area (Å²) >= 11 is 0. The summed E-state index contributed by atoms with van der Waals surface area (Å²) in [7, 11) is 1.58. The van der Waals surface area contributed by atoms with Gasteiger partial charge in [-0.3, -0.25) is 14.6 Å². The van der Waals surface area contributed by atoms with Crippen LogP contribution in [0, 0.1) is 0 Å². The number of piperidine rings is 1. The summed E-state index contributed by atoms with van der Waals surface area (Å²) in [4.78, 5) is 44.8. The van der Waals surface area contributed by atoms with Gasteiger partial charge in [0.15, 0.2) is 0 Å². The molecule has 0 aliphatic carbocycles. The van der Waals surface area contributed by atoms with Crippen LogP contribution < -0.4 is 25.4 Å². The molecule has 2 aliphatic heterocycles. The Balaban J connectivity index is 1.34. The summed E-state index contributed by atoms with van der Waals surface area (Å²) in [6, 6.07) is 15.4. The molecular weight excluding hydrogens is 566 g/mol. The largest absolute Gasteiger partial charge is 0.491 e. The Morgan fingerprint density at radius 1 is 1.05 bits per heavy atom. The zero-order valence-electron chi connectivity index (χ0n) is 24.6. The van der Waals surface area contributed by atoms with Crippen LogP contribution in [0.2, 0.25) is 0 Å². The third-order valence-corrected chi connectivity index (χ3v) is 7.30. The van der Waals surface area contributed by atoms with Crippen LogP contribution in [0.4, 0.5) is 4.79 Å². The van der Waals surface area contributed by atoms with Crippen LogP contribution >= 0.6 is 0 Å². The molecule has 0 saturated carbocycles. The van der Waals surface area contributed by atoms with E-state index in [-0.39, 0.29) is 50.0 Å². The molecule has 12 heteroatoms. The highest BCUT2D eigenvalue weighted by molar-refractivity contribution is 5.95. The van der Waals surface area contributed by atoms with Crippen molar-refractivity contribution in [3.8, 4) is 17.2 Å². The second-order valence-electron chi connectivity index (χ2n) is 10.6. The number of likely N-dealkylation sites (tertiary alicyclic amines) is 1. The highest BCUT2D eigenvalue weighted by atomic mass is 16.5. The van der Waals surface area contributed by atoms with Gasteiger partial charge in [-0.2, -0.15) is 0 Å². The molecule has 2 aromatic carbocycles. The summed E-state index contributed by atoms with van der Waals surface area (Å²) < 4.78 is 23.3. The van der Waals surface area contributed by atoms with Gasteiger partial charge in [-0.05, 0) is 47.9 Å². The molecule has 0 unspecified atom stereocenters. The number of methoxy groups -OCH3 is 1. The van der Waals surface area contributed by atoms with Crippen LogP contribution in [0.25, 0.3) is 0 Å². The molecule has 3 N–H and O–H groups in total. The average Bonchev–Trinajstić information content (AvgIpc) is 3.03. The lowest BCUT2D eigenvalue weighted by atomic mass is 10.0. The molecule has 12 nitrogen and oxygen atoms in total. The summed E-state index contributed by atoms with van der Waals surface area (Å²) in [5.74, 6) is 1.08. The van der Waals surface area contributed by atoms with E-state index in [2.05, 4.69) is 20.9 Å². The molecule has 2 atom stereocenters. The zero-order chi connectivity index (χ0) is 30.7. The average molecular weight is 604 g/mol. The van der Waals surface area contributed by atoms with Crippen LogP contribution in [0.5, 0.6) is 17.2 Å². The van der Waals surface area contributed by atoms with E-state index in [0.717, 1.165) is 11.1 Å². The first-order chi connectivity index (χ1) is 21.5. The second-order valence-corrected chi connectivity index (χ2v) is 10.6. The summed E-state index contributed by atoms with van der Waals surface area (Å²) in [5.41, 5.74) is 2.04. The fraction of sp³-hybridized carbons (Fsp3) is 0.375. The summed E-state index contributed by atoms with van der Waals surface area (Å²) in [6.07, 6.45) is 3.68. The van der Waals surface area contributed by atoms with Crippen molar-refractivity contribution in [1.82, 2.24) is 25.8 Å². The standard InChI is InChI=1S/C32H37N5O7/c1-41-12-13-42-26-16-24-17-27(18-26)44-25-6-2-4-23(14-25)21-43-29-20-37(30(38)15-22-5-3-8-33-19-22)11-7-28(29)36-32(40)35-10-9-34-31(24)39/h2-6,8,14,16-19,28-29H,7,9-13,15,20-21H2,1H3,(H,34,39)(H2,35,36,40)/t28-,29-/m0/s1. The number of carbonyl (C=O) groups excluding carboxylic acids is 3. The van der Waals surface area contributed by atoms with E-state index < -0.39 is 6.10 Å². The Labute approximate surface area is 256 Å². The third kappa shape index (κ3) is 8.68. The lowest BCUT2D eigenvalue weighted by Gasteiger charge is -2.38. The minimum atomic E-state index is -0.445. The second kappa shape index (κ2) is 15.2. The van der Waals surface area contributed by atoms with E-state index in [0.29, 0.717) is 55.5 Å². The van der Waals surface area contributed by atoms with Crippen LogP contribution in [0.3, 0.4) is 0 Å². The van der Waals surface area contributed by atoms with Gasteiger partial charge in [0.1, 0.15) is 23.9 Å². The van der Waals surface area contributed by atoms with Crippen LogP contribution in [0.15, 0.2) is 67.0 Å². The smallest absolute Gasteiger partial charge is 0.315 e. The van der Waals surface area contributed by atoms with E-state index in [1.54, 1.807) is 42.6 Å². The van der Waals surface area contributed by atoms with Crippen molar-refractivity contribution < 1.29 is 33.3 Å². The van der Waals surface area contributed by atoms with E-state index >= 15 is 0 Å². The molecule has 4 bridgehead atoms. The first-order valence-electron chi connectivity index (χ1n) is 14.6. The molecule has 1 aromatic heterocycles. The van der Waals surface area contributed by atoms with E-state index in [1.807, 2.05) is 36.4 Å². The summed E-state index contributed by atoms with van der Waals surface area (Å²) in [6.45, 7) is 2.17. The van der Waals surface area contributed by atoms with Gasteiger partial charge in [0.2, 0.25) is 5.91 Å². The van der Waals surface area contributed by atoms with Gasteiger partial charge in [-0.25, -0.2) is 4.79 Å². The highest BCUT2D eigenvalue weighted by Gasteiger charge is 2.33. The number of hydrogen-bond donors (Lipinski definition) is 3. The van der Waals surface area contributed by atoms with E-state index in [4.69, 9.17) is 18.9 Å². The number of amides is 4. The monoisotopic (exact) mass is 603 g/mol. The number of hydrogen-bond acceptors (Lipinski definition) is 8. The molecule has 44 heavy (non-hydrogen) atoms. The maximum Gasteiger partial charge on any atom is 0.315 e. The number of urea groups is 1. The number of benzene rings is 2. The van der Waals surface area contributed by atoms with Crippen molar-refractivity contribution in [3.05, 3.63) is 83.7 Å². The first-order valence-corrected chi connectivity index (χ1v) is 14.6. The number of carbonyl (C=O) groups is 3. The maximum absolute atomic E-state index is 13.1. The Morgan fingerprint density at radius 3 is 2.77 bits per heavy atom. The first kappa shape index (κ1) is 30.8. The number of nitrogens with zero attached hydrogens (tertiary/aromatic N) is 2. The van der Waals surface area contributed by atoms with Gasteiger partial charge in [0.05, 0.1) is 31.8 Å². The van der Waals surface area contributed by atoms with Crippen LogP contribution in [-0.4, -0.2) is 86.4 Å². The maximum atomic E-state index is 13.1. The van der Waals surface area contributed by atoms with E-state index in [9.17, 15) is 14.4 Å². The Bertz CT molecular complexity index is 1440.